The normalized spacial score (nSPS) is 14.0. The molecule has 98 valence electrons. The summed E-state index contributed by atoms with van der Waals surface area (Å²) in [6, 6.07) is 7.13. The Morgan fingerprint density at radius 2 is 2.06 bits per heavy atom. The van der Waals surface area contributed by atoms with Crippen LogP contribution in [0.25, 0.3) is 10.9 Å². The molecule has 0 bridgehead atoms. The number of para-hydroxylation sites is 1. The minimum atomic E-state index is -4.12. The van der Waals surface area contributed by atoms with E-state index in [1.807, 2.05) is 30.5 Å². The molecule has 1 atom stereocenters. The predicted molar refractivity (Wildman–Crippen MR) is 65.3 cm³/mol. The summed E-state index contributed by atoms with van der Waals surface area (Å²) >= 11 is 0. The molecule has 1 unspecified atom stereocenters. The first-order chi connectivity index (χ1) is 8.46. The lowest BCUT2D eigenvalue weighted by Crippen LogP contribution is -2.30. The van der Waals surface area contributed by atoms with Crippen LogP contribution in [0.3, 0.4) is 0 Å². The highest BCUT2D eigenvalue weighted by Gasteiger charge is 2.29. The van der Waals surface area contributed by atoms with Crippen LogP contribution in [0.5, 0.6) is 0 Å². The zero-order valence-corrected chi connectivity index (χ0v) is 10.0. The molecular weight excluding hydrogens is 241 g/mol. The molecule has 2 rings (SSSR count). The van der Waals surface area contributed by atoms with Gasteiger partial charge in [0.25, 0.3) is 0 Å². The van der Waals surface area contributed by atoms with Gasteiger partial charge in [0.2, 0.25) is 0 Å². The molecule has 2 aromatic rings. The Morgan fingerprint density at radius 3 is 2.78 bits per heavy atom. The second-order valence-electron chi connectivity index (χ2n) is 4.46. The average Bonchev–Trinajstić information content (AvgIpc) is 2.72. The predicted octanol–water partition coefficient (Wildman–Crippen LogP) is 3.60. The lowest BCUT2D eigenvalue weighted by atomic mass is 10.1. The van der Waals surface area contributed by atoms with Gasteiger partial charge in [-0.2, -0.15) is 13.2 Å². The van der Waals surface area contributed by atoms with Gasteiger partial charge in [0.05, 0.1) is 6.42 Å². The number of H-pyrrole nitrogens is 1. The van der Waals surface area contributed by atoms with Crippen molar-refractivity contribution in [2.45, 2.75) is 32.1 Å². The largest absolute Gasteiger partial charge is 0.390 e. The third-order valence-corrected chi connectivity index (χ3v) is 2.85. The van der Waals surface area contributed by atoms with E-state index in [0.717, 1.165) is 16.5 Å². The Hall–Kier alpha value is -1.49. The Balaban J connectivity index is 2.00. The maximum atomic E-state index is 12.2. The Kier molecular flexibility index (Phi) is 3.61. The summed E-state index contributed by atoms with van der Waals surface area (Å²) in [5.74, 6) is 0. The fourth-order valence-corrected chi connectivity index (χ4v) is 2.00. The van der Waals surface area contributed by atoms with Crippen LogP contribution >= 0.6 is 0 Å². The molecule has 1 aromatic heterocycles. The van der Waals surface area contributed by atoms with Gasteiger partial charge < -0.3 is 10.3 Å². The van der Waals surface area contributed by atoms with Crippen LogP contribution in [-0.2, 0) is 6.54 Å². The SMILES string of the molecule is CC(CC(F)(F)F)NCc1cccc2cc[nH]c12. The highest BCUT2D eigenvalue weighted by molar-refractivity contribution is 5.82. The lowest BCUT2D eigenvalue weighted by molar-refractivity contribution is -0.139. The number of hydrogen-bond acceptors (Lipinski definition) is 1. The number of alkyl halides is 3. The molecule has 0 fully saturated rings. The number of fused-ring (bicyclic) bond motifs is 1. The Morgan fingerprint density at radius 1 is 1.28 bits per heavy atom. The molecule has 0 radical (unpaired) electrons. The number of aromatic nitrogens is 1. The van der Waals surface area contributed by atoms with Gasteiger partial charge in [-0.3, -0.25) is 0 Å². The Bertz CT molecular complexity index is 516. The molecule has 0 saturated heterocycles. The van der Waals surface area contributed by atoms with Gasteiger partial charge in [-0.25, -0.2) is 0 Å². The van der Waals surface area contributed by atoms with E-state index in [2.05, 4.69) is 10.3 Å². The number of aromatic amines is 1. The second-order valence-corrected chi connectivity index (χ2v) is 4.46. The minimum Gasteiger partial charge on any atom is -0.361 e. The highest BCUT2D eigenvalue weighted by Crippen LogP contribution is 2.22. The Labute approximate surface area is 103 Å². The molecule has 0 aliphatic heterocycles. The van der Waals surface area contributed by atoms with Crippen molar-refractivity contribution in [1.29, 1.82) is 0 Å². The van der Waals surface area contributed by atoms with Crippen LogP contribution in [0.2, 0.25) is 0 Å². The van der Waals surface area contributed by atoms with Gasteiger partial charge >= 0.3 is 6.18 Å². The first-order valence-corrected chi connectivity index (χ1v) is 5.81. The lowest BCUT2D eigenvalue weighted by Gasteiger charge is -2.16. The third-order valence-electron chi connectivity index (χ3n) is 2.85. The number of rotatable bonds is 4. The van der Waals surface area contributed by atoms with Crippen LogP contribution in [0.15, 0.2) is 30.5 Å². The summed E-state index contributed by atoms with van der Waals surface area (Å²) in [7, 11) is 0. The van der Waals surface area contributed by atoms with E-state index in [4.69, 9.17) is 0 Å². The van der Waals surface area contributed by atoms with Crippen molar-refractivity contribution >= 4 is 10.9 Å². The van der Waals surface area contributed by atoms with Gasteiger partial charge in [-0.15, -0.1) is 0 Å². The van der Waals surface area contributed by atoms with E-state index in [1.54, 1.807) is 6.92 Å². The zero-order valence-electron chi connectivity index (χ0n) is 10.0. The average molecular weight is 256 g/mol. The van der Waals surface area contributed by atoms with Gasteiger partial charge in [0, 0.05) is 24.3 Å². The molecular formula is C13H15F3N2. The van der Waals surface area contributed by atoms with E-state index in [1.165, 1.54) is 0 Å². The number of halogens is 3. The number of nitrogens with one attached hydrogen (secondary N) is 2. The van der Waals surface area contributed by atoms with E-state index < -0.39 is 18.6 Å². The molecule has 0 spiro atoms. The summed E-state index contributed by atoms with van der Waals surface area (Å²) < 4.78 is 36.6. The van der Waals surface area contributed by atoms with Crippen molar-refractivity contribution in [3.8, 4) is 0 Å². The summed E-state index contributed by atoms with van der Waals surface area (Å²) in [4.78, 5) is 3.10. The number of hydrogen-bond donors (Lipinski definition) is 2. The van der Waals surface area contributed by atoms with Crippen LogP contribution in [0.4, 0.5) is 13.2 Å². The van der Waals surface area contributed by atoms with Crippen LogP contribution in [0.1, 0.15) is 18.9 Å². The molecule has 0 saturated carbocycles. The first kappa shape index (κ1) is 13.0. The monoisotopic (exact) mass is 256 g/mol. The fourth-order valence-electron chi connectivity index (χ4n) is 2.00. The standard InChI is InChI=1S/C13H15F3N2/c1-9(7-13(14,15)16)18-8-11-4-2-3-10-5-6-17-12(10)11/h2-6,9,17-18H,7-8H2,1H3. The fraction of sp³-hybridized carbons (Fsp3) is 0.385. The van der Waals surface area contributed by atoms with Crippen molar-refractivity contribution in [2.75, 3.05) is 0 Å². The van der Waals surface area contributed by atoms with Crippen LogP contribution < -0.4 is 5.32 Å². The summed E-state index contributed by atoms with van der Waals surface area (Å²) in [5, 5.41) is 3.96. The van der Waals surface area contributed by atoms with E-state index >= 15 is 0 Å². The van der Waals surface area contributed by atoms with Gasteiger partial charge in [-0.1, -0.05) is 18.2 Å². The summed E-state index contributed by atoms with van der Waals surface area (Å²) in [6.45, 7) is 1.97. The highest BCUT2D eigenvalue weighted by atomic mass is 19.4. The second kappa shape index (κ2) is 5.02. The number of benzene rings is 1. The van der Waals surface area contributed by atoms with Crippen molar-refractivity contribution in [1.82, 2.24) is 10.3 Å². The van der Waals surface area contributed by atoms with E-state index in [-0.39, 0.29) is 0 Å². The maximum Gasteiger partial charge on any atom is 0.390 e. The van der Waals surface area contributed by atoms with Gasteiger partial charge in [0.15, 0.2) is 0 Å². The first-order valence-electron chi connectivity index (χ1n) is 5.81. The topological polar surface area (TPSA) is 27.8 Å². The quantitative estimate of drug-likeness (QED) is 0.859. The van der Waals surface area contributed by atoms with Gasteiger partial charge in [-0.05, 0) is 23.9 Å². The molecule has 18 heavy (non-hydrogen) atoms. The van der Waals surface area contributed by atoms with Crippen molar-refractivity contribution in [3.05, 3.63) is 36.0 Å². The third kappa shape index (κ3) is 3.26. The van der Waals surface area contributed by atoms with Crippen LogP contribution in [-0.4, -0.2) is 17.2 Å². The molecule has 0 amide bonds. The van der Waals surface area contributed by atoms with E-state index in [9.17, 15) is 13.2 Å². The summed E-state index contributed by atoms with van der Waals surface area (Å²) in [6.07, 6.45) is -3.11. The molecule has 0 aliphatic rings. The van der Waals surface area contributed by atoms with Crippen LogP contribution in [0, 0.1) is 0 Å². The molecule has 2 N–H and O–H groups in total. The maximum absolute atomic E-state index is 12.2. The van der Waals surface area contributed by atoms with Crippen molar-refractivity contribution in [3.63, 3.8) is 0 Å². The summed E-state index contributed by atoms with van der Waals surface area (Å²) in [5.41, 5.74) is 1.95. The van der Waals surface area contributed by atoms with Crippen molar-refractivity contribution < 1.29 is 13.2 Å². The van der Waals surface area contributed by atoms with E-state index in [0.29, 0.717) is 6.54 Å². The molecule has 0 aliphatic carbocycles. The molecule has 1 heterocycles. The molecule has 5 heteroatoms. The van der Waals surface area contributed by atoms with Gasteiger partial charge in [0.1, 0.15) is 0 Å². The zero-order chi connectivity index (χ0) is 13.2. The molecule has 1 aromatic carbocycles. The molecule has 2 nitrogen and oxygen atoms in total. The minimum absolute atomic E-state index is 0.426. The van der Waals surface area contributed by atoms with Crippen molar-refractivity contribution in [2.24, 2.45) is 0 Å². The smallest absolute Gasteiger partial charge is 0.361 e.